The van der Waals surface area contributed by atoms with E-state index in [1.807, 2.05) is 12.1 Å². The molecule has 5 rings (SSSR count). The molecule has 0 spiro atoms. The van der Waals surface area contributed by atoms with E-state index in [0.717, 1.165) is 10.9 Å². The van der Waals surface area contributed by atoms with Gasteiger partial charge in [0.25, 0.3) is 0 Å². The summed E-state index contributed by atoms with van der Waals surface area (Å²) < 4.78 is 0. The number of hydrogen-bond acceptors (Lipinski definition) is 0. The van der Waals surface area contributed by atoms with Gasteiger partial charge in [-0.15, -0.1) is 6.42 Å². The Morgan fingerprint density at radius 2 is 1.04 bits per heavy atom. The Labute approximate surface area is 156 Å². The largest absolute Gasteiger partial charge is 0.115 e. The van der Waals surface area contributed by atoms with E-state index in [2.05, 4.69) is 82.9 Å². The zero-order chi connectivity index (χ0) is 18.1. The molecule has 0 nitrogen and oxygen atoms in total. The van der Waals surface area contributed by atoms with Gasteiger partial charge in [-0.25, -0.2) is 0 Å². The van der Waals surface area contributed by atoms with Crippen molar-refractivity contribution in [3.8, 4) is 12.3 Å². The highest BCUT2D eigenvalue weighted by Crippen LogP contribution is 2.31. The Hall–Kier alpha value is -3.08. The van der Waals surface area contributed by atoms with Crippen LogP contribution in [0.25, 0.3) is 43.1 Å². The molecule has 1 heteroatoms. The van der Waals surface area contributed by atoms with Crippen LogP contribution in [-0.2, 0) is 0 Å². The molecule has 0 bridgehead atoms. The molecular formula is C25H17Si. The van der Waals surface area contributed by atoms with Gasteiger partial charge < -0.3 is 0 Å². The van der Waals surface area contributed by atoms with Crippen molar-refractivity contribution < 1.29 is 0 Å². The van der Waals surface area contributed by atoms with Crippen molar-refractivity contribution in [2.24, 2.45) is 0 Å². The Morgan fingerprint density at radius 1 is 0.577 bits per heavy atom. The van der Waals surface area contributed by atoms with Crippen LogP contribution >= 0.6 is 0 Å². The first-order valence-corrected chi connectivity index (χ1v) is 9.57. The van der Waals surface area contributed by atoms with Gasteiger partial charge in [0.15, 0.2) is 0 Å². The summed E-state index contributed by atoms with van der Waals surface area (Å²) in [6.45, 7) is 1.81. The monoisotopic (exact) mass is 345 g/mol. The summed E-state index contributed by atoms with van der Waals surface area (Å²) in [6.07, 6.45) is 5.66. The molecule has 0 saturated heterocycles. The predicted molar refractivity (Wildman–Crippen MR) is 116 cm³/mol. The highest BCUT2D eigenvalue weighted by Gasteiger charge is 2.05. The van der Waals surface area contributed by atoms with Crippen LogP contribution in [0.3, 0.4) is 0 Å². The average molecular weight is 345 g/mol. The van der Waals surface area contributed by atoms with E-state index in [9.17, 15) is 0 Å². The van der Waals surface area contributed by atoms with Crippen LogP contribution in [0.5, 0.6) is 0 Å². The van der Waals surface area contributed by atoms with Gasteiger partial charge in [0.05, 0.1) is 0 Å². The summed E-state index contributed by atoms with van der Waals surface area (Å²) in [5, 5.41) is 9.90. The fourth-order valence-corrected chi connectivity index (χ4v) is 3.60. The third kappa shape index (κ3) is 2.65. The quantitative estimate of drug-likeness (QED) is 0.171. The van der Waals surface area contributed by atoms with E-state index in [0.29, 0.717) is 0 Å². The minimum absolute atomic E-state index is 0.952. The lowest BCUT2D eigenvalue weighted by atomic mass is 9.96. The van der Waals surface area contributed by atoms with Gasteiger partial charge in [0.2, 0.25) is 0 Å². The van der Waals surface area contributed by atoms with E-state index < -0.39 is 0 Å². The normalized spacial score (nSPS) is 10.7. The van der Waals surface area contributed by atoms with Gasteiger partial charge in [-0.05, 0) is 85.6 Å². The number of hydrogen-bond donors (Lipinski definition) is 0. The van der Waals surface area contributed by atoms with Crippen LogP contribution in [0.15, 0.2) is 78.9 Å². The fourth-order valence-electron chi connectivity index (χ4n) is 3.60. The molecule has 121 valence electrons. The summed E-state index contributed by atoms with van der Waals surface area (Å²) >= 11 is 0. The van der Waals surface area contributed by atoms with E-state index in [4.69, 9.17) is 6.42 Å². The lowest BCUT2D eigenvalue weighted by Gasteiger charge is -2.08. The maximum atomic E-state index is 5.66. The van der Waals surface area contributed by atoms with Crippen LogP contribution in [0.4, 0.5) is 0 Å². The predicted octanol–water partition coefficient (Wildman–Crippen LogP) is 6.48. The van der Waals surface area contributed by atoms with E-state index >= 15 is 0 Å². The summed E-state index contributed by atoms with van der Waals surface area (Å²) in [5.41, 5.74) is 0.952. The van der Waals surface area contributed by atoms with Crippen LogP contribution in [0.1, 0.15) is 5.56 Å². The summed E-state index contributed by atoms with van der Waals surface area (Å²) in [5.74, 6) is 2.80. The van der Waals surface area contributed by atoms with Gasteiger partial charge in [-0.2, -0.15) is 0 Å². The standard InChI is InChI=1S/C24H14.CH3Si/c1-2-16-8-5-9-19-12-22-13-20-10-17-6-3-4-7-18(17)11-21(20)14-23(22)15-24(16)19;1-2/h1,3-15H;1H3. The molecule has 3 radical (unpaired) electrons. The number of benzene rings is 5. The van der Waals surface area contributed by atoms with E-state index in [1.54, 1.807) is 6.55 Å². The molecule has 0 saturated carbocycles. The van der Waals surface area contributed by atoms with Crippen molar-refractivity contribution in [2.75, 3.05) is 0 Å². The van der Waals surface area contributed by atoms with Gasteiger partial charge in [-0.1, -0.05) is 48.9 Å². The number of fused-ring (bicyclic) bond motifs is 4. The van der Waals surface area contributed by atoms with Crippen molar-refractivity contribution in [3.63, 3.8) is 0 Å². The number of rotatable bonds is 0. The molecular weight excluding hydrogens is 328 g/mol. The zero-order valence-electron chi connectivity index (χ0n) is 14.6. The summed E-state index contributed by atoms with van der Waals surface area (Å²) in [6, 6.07) is 28.2. The van der Waals surface area contributed by atoms with E-state index in [-0.39, 0.29) is 0 Å². The Bertz CT molecular complexity index is 1310. The molecule has 0 unspecified atom stereocenters. The number of terminal acetylenes is 1. The minimum atomic E-state index is 0.952. The second-order valence-electron chi connectivity index (χ2n) is 6.27. The van der Waals surface area contributed by atoms with Crippen LogP contribution in [-0.4, -0.2) is 10.2 Å². The summed E-state index contributed by atoms with van der Waals surface area (Å²) in [7, 11) is 2.97. The highest BCUT2D eigenvalue weighted by atomic mass is 28.1. The van der Waals surface area contributed by atoms with Crippen LogP contribution in [0.2, 0.25) is 6.55 Å². The molecule has 26 heavy (non-hydrogen) atoms. The third-order valence-corrected chi connectivity index (χ3v) is 4.81. The molecule has 5 aromatic carbocycles. The lowest BCUT2D eigenvalue weighted by molar-refractivity contribution is 1.73. The van der Waals surface area contributed by atoms with Crippen molar-refractivity contribution in [1.29, 1.82) is 0 Å². The maximum absolute atomic E-state index is 5.66. The highest BCUT2D eigenvalue weighted by molar-refractivity contribution is 6.08. The third-order valence-electron chi connectivity index (χ3n) is 4.81. The molecule has 0 aliphatic heterocycles. The van der Waals surface area contributed by atoms with Crippen molar-refractivity contribution in [1.82, 2.24) is 0 Å². The first-order valence-electron chi connectivity index (χ1n) is 8.57. The van der Waals surface area contributed by atoms with Crippen LogP contribution < -0.4 is 0 Å². The van der Waals surface area contributed by atoms with Crippen LogP contribution in [0, 0.1) is 12.3 Å². The Morgan fingerprint density at radius 3 is 1.62 bits per heavy atom. The molecule has 0 heterocycles. The fraction of sp³-hybridized carbons (Fsp3) is 0.0400. The van der Waals surface area contributed by atoms with Crippen molar-refractivity contribution >= 4 is 53.3 Å². The minimum Gasteiger partial charge on any atom is -0.115 e. The van der Waals surface area contributed by atoms with Crippen molar-refractivity contribution in [2.45, 2.75) is 6.55 Å². The molecule has 5 aromatic rings. The smallest absolute Gasteiger partial charge is 0.0321 e. The second kappa shape index (κ2) is 6.67. The van der Waals surface area contributed by atoms with Gasteiger partial charge in [0, 0.05) is 15.8 Å². The molecule has 0 aliphatic carbocycles. The SMILES string of the molecule is C#Cc1cccc2cc3cc4cc5ccccc5cc4cc3cc12.C[Si]. The van der Waals surface area contributed by atoms with E-state index in [1.165, 1.54) is 37.7 Å². The molecule has 0 atom stereocenters. The first-order chi connectivity index (χ1) is 12.8. The molecule has 0 amide bonds. The molecule has 0 aliphatic rings. The second-order valence-corrected chi connectivity index (χ2v) is 6.27. The Kier molecular flexibility index (Phi) is 4.20. The van der Waals surface area contributed by atoms with Gasteiger partial charge >= 0.3 is 0 Å². The van der Waals surface area contributed by atoms with Gasteiger partial charge in [0.1, 0.15) is 0 Å². The average Bonchev–Trinajstić information content (AvgIpc) is 2.70. The zero-order valence-corrected chi connectivity index (χ0v) is 15.6. The van der Waals surface area contributed by atoms with Crippen molar-refractivity contribution in [3.05, 3.63) is 84.4 Å². The van der Waals surface area contributed by atoms with Gasteiger partial charge in [-0.3, -0.25) is 0 Å². The lowest BCUT2D eigenvalue weighted by Crippen LogP contribution is -1.83. The Balaban J connectivity index is 0.000000814. The molecule has 0 N–H and O–H groups in total. The first kappa shape index (κ1) is 16.4. The topological polar surface area (TPSA) is 0 Å². The molecule has 0 fully saturated rings. The molecule has 0 aromatic heterocycles. The maximum Gasteiger partial charge on any atom is 0.0321 e. The summed E-state index contributed by atoms with van der Waals surface area (Å²) in [4.78, 5) is 0.